The molecule has 0 atom stereocenters. The minimum Gasteiger partial charge on any atom is -0.324 e. The van der Waals surface area contributed by atoms with Crippen LogP contribution in [0.15, 0.2) is 29.4 Å². The van der Waals surface area contributed by atoms with Gasteiger partial charge < -0.3 is 5.32 Å². The Balaban J connectivity index is 1.91. The lowest BCUT2D eigenvalue weighted by Crippen LogP contribution is -2.15. The average molecular weight is 301 g/mol. The molecule has 0 aliphatic carbocycles. The van der Waals surface area contributed by atoms with E-state index in [1.165, 1.54) is 11.8 Å². The number of hydrogen-bond donors (Lipinski definition) is 2. The van der Waals surface area contributed by atoms with Gasteiger partial charge in [-0.25, -0.2) is 4.98 Å². The van der Waals surface area contributed by atoms with Crippen molar-refractivity contribution in [2.75, 3.05) is 11.1 Å². The Morgan fingerprint density at radius 2 is 2.24 bits per heavy atom. The Kier molecular flexibility index (Phi) is 4.95. The first-order valence-electron chi connectivity index (χ1n) is 6.44. The highest BCUT2D eigenvalue weighted by atomic mass is 32.2. The quantitative estimate of drug-likeness (QED) is 0.827. The molecule has 1 heterocycles. The number of carbonyl (C=O) groups is 1. The summed E-state index contributed by atoms with van der Waals surface area (Å²) < 4.78 is 0. The lowest BCUT2D eigenvalue weighted by Gasteiger charge is -2.05. The van der Waals surface area contributed by atoms with Crippen molar-refractivity contribution in [3.63, 3.8) is 0 Å². The van der Waals surface area contributed by atoms with Crippen molar-refractivity contribution in [1.82, 2.24) is 15.2 Å². The van der Waals surface area contributed by atoms with Crippen molar-refractivity contribution in [3.8, 4) is 6.07 Å². The molecule has 2 rings (SSSR count). The summed E-state index contributed by atoms with van der Waals surface area (Å²) in [6.45, 7) is 4.03. The molecular formula is C14H15N5OS. The summed E-state index contributed by atoms with van der Waals surface area (Å²) in [5, 5.41) is 19.1. The Bertz CT molecular complexity index is 674. The van der Waals surface area contributed by atoms with Gasteiger partial charge in [-0.05, 0) is 12.1 Å². The van der Waals surface area contributed by atoms with E-state index in [2.05, 4.69) is 20.5 Å². The highest BCUT2D eigenvalue weighted by molar-refractivity contribution is 7.99. The lowest BCUT2D eigenvalue weighted by atomic mass is 10.2. The SMILES string of the molecule is CC(C)c1nc(SCC(=O)Nc2ccccc2C#N)n[nH]1. The Morgan fingerprint density at radius 1 is 1.48 bits per heavy atom. The third-order valence-electron chi connectivity index (χ3n) is 2.68. The van der Waals surface area contributed by atoms with E-state index in [1.54, 1.807) is 24.3 Å². The van der Waals surface area contributed by atoms with Crippen LogP contribution in [0.1, 0.15) is 31.2 Å². The highest BCUT2D eigenvalue weighted by Gasteiger charge is 2.10. The maximum absolute atomic E-state index is 11.9. The van der Waals surface area contributed by atoms with Gasteiger partial charge in [0, 0.05) is 5.92 Å². The van der Waals surface area contributed by atoms with Gasteiger partial charge in [-0.15, -0.1) is 5.10 Å². The van der Waals surface area contributed by atoms with Gasteiger partial charge in [-0.1, -0.05) is 37.7 Å². The third-order valence-corrected chi connectivity index (χ3v) is 3.53. The fourth-order valence-corrected chi connectivity index (χ4v) is 2.19. The normalized spacial score (nSPS) is 10.4. The molecule has 0 aliphatic heterocycles. The molecule has 0 spiro atoms. The number of nitriles is 1. The summed E-state index contributed by atoms with van der Waals surface area (Å²) in [5.74, 6) is 1.06. The van der Waals surface area contributed by atoms with Crippen LogP contribution in [0.4, 0.5) is 5.69 Å². The summed E-state index contributed by atoms with van der Waals surface area (Å²) in [4.78, 5) is 16.2. The number of nitrogens with zero attached hydrogens (tertiary/aromatic N) is 3. The molecule has 0 saturated carbocycles. The second-order valence-electron chi connectivity index (χ2n) is 4.65. The summed E-state index contributed by atoms with van der Waals surface area (Å²) in [5.41, 5.74) is 0.958. The van der Waals surface area contributed by atoms with Crippen LogP contribution in [0.3, 0.4) is 0 Å². The van der Waals surface area contributed by atoms with Crippen LogP contribution in [0.25, 0.3) is 0 Å². The monoisotopic (exact) mass is 301 g/mol. The number of aromatic amines is 1. The van der Waals surface area contributed by atoms with Crippen molar-refractivity contribution in [2.45, 2.75) is 24.9 Å². The van der Waals surface area contributed by atoms with E-state index in [0.29, 0.717) is 16.4 Å². The van der Waals surface area contributed by atoms with Gasteiger partial charge in [0.15, 0.2) is 0 Å². The van der Waals surface area contributed by atoms with Crippen LogP contribution >= 0.6 is 11.8 Å². The maximum atomic E-state index is 11.9. The van der Waals surface area contributed by atoms with E-state index < -0.39 is 0 Å². The largest absolute Gasteiger partial charge is 0.324 e. The second-order valence-corrected chi connectivity index (χ2v) is 5.59. The molecule has 0 bridgehead atoms. The van der Waals surface area contributed by atoms with Crippen molar-refractivity contribution in [2.24, 2.45) is 0 Å². The molecule has 1 aromatic carbocycles. The third kappa shape index (κ3) is 4.07. The zero-order chi connectivity index (χ0) is 15.2. The number of H-pyrrole nitrogens is 1. The van der Waals surface area contributed by atoms with Crippen LogP contribution in [-0.2, 0) is 4.79 Å². The molecule has 1 amide bonds. The number of rotatable bonds is 5. The Morgan fingerprint density at radius 3 is 2.90 bits per heavy atom. The number of carbonyl (C=O) groups excluding carboxylic acids is 1. The molecule has 108 valence electrons. The number of hydrogen-bond acceptors (Lipinski definition) is 5. The summed E-state index contributed by atoms with van der Waals surface area (Å²) in [6, 6.07) is 8.92. The predicted octanol–water partition coefficient (Wildman–Crippen LogP) is 2.53. The van der Waals surface area contributed by atoms with Crippen LogP contribution in [-0.4, -0.2) is 26.8 Å². The smallest absolute Gasteiger partial charge is 0.234 e. The van der Waals surface area contributed by atoms with Gasteiger partial charge in [0.1, 0.15) is 11.9 Å². The minimum absolute atomic E-state index is 0.190. The first-order chi connectivity index (χ1) is 10.1. The number of anilines is 1. The standard InChI is InChI=1S/C14H15N5OS/c1-9(2)13-17-14(19-18-13)21-8-12(20)16-11-6-4-3-5-10(11)7-15/h3-6,9H,8H2,1-2H3,(H,16,20)(H,17,18,19). The molecule has 0 saturated heterocycles. The van der Waals surface area contributed by atoms with Crippen LogP contribution < -0.4 is 5.32 Å². The molecule has 21 heavy (non-hydrogen) atoms. The number of nitrogens with one attached hydrogen (secondary N) is 2. The van der Waals surface area contributed by atoms with Crippen molar-refractivity contribution < 1.29 is 4.79 Å². The van der Waals surface area contributed by atoms with E-state index in [4.69, 9.17) is 5.26 Å². The molecule has 7 heteroatoms. The second kappa shape index (κ2) is 6.90. The van der Waals surface area contributed by atoms with Crippen LogP contribution in [0.5, 0.6) is 0 Å². The summed E-state index contributed by atoms with van der Waals surface area (Å²) in [7, 11) is 0. The molecule has 6 nitrogen and oxygen atoms in total. The highest BCUT2D eigenvalue weighted by Crippen LogP contribution is 2.18. The van der Waals surface area contributed by atoms with Crippen molar-refractivity contribution in [1.29, 1.82) is 5.26 Å². The first-order valence-corrected chi connectivity index (χ1v) is 7.42. The van der Waals surface area contributed by atoms with Gasteiger partial charge in [-0.2, -0.15) is 5.26 Å². The maximum Gasteiger partial charge on any atom is 0.234 e. The van der Waals surface area contributed by atoms with Gasteiger partial charge in [0.05, 0.1) is 17.0 Å². The number of benzene rings is 1. The Labute approximate surface area is 127 Å². The predicted molar refractivity (Wildman–Crippen MR) is 81.0 cm³/mol. The van der Waals surface area contributed by atoms with E-state index in [0.717, 1.165) is 5.82 Å². The Hall–Kier alpha value is -2.33. The van der Waals surface area contributed by atoms with Crippen LogP contribution in [0.2, 0.25) is 0 Å². The molecular weight excluding hydrogens is 286 g/mol. The van der Waals surface area contributed by atoms with Crippen LogP contribution in [0, 0.1) is 11.3 Å². The fraction of sp³-hybridized carbons (Fsp3) is 0.286. The van der Waals surface area contributed by atoms with Gasteiger partial charge in [-0.3, -0.25) is 9.89 Å². The molecule has 0 fully saturated rings. The zero-order valence-corrected chi connectivity index (χ0v) is 12.6. The lowest BCUT2D eigenvalue weighted by molar-refractivity contribution is -0.113. The minimum atomic E-state index is -0.196. The topological polar surface area (TPSA) is 94.5 Å². The number of thioether (sulfide) groups is 1. The van der Waals surface area contributed by atoms with E-state index in [-0.39, 0.29) is 17.6 Å². The van der Waals surface area contributed by atoms with E-state index >= 15 is 0 Å². The van der Waals surface area contributed by atoms with Gasteiger partial charge in [0.25, 0.3) is 0 Å². The van der Waals surface area contributed by atoms with E-state index in [9.17, 15) is 4.79 Å². The number of amides is 1. The van der Waals surface area contributed by atoms with E-state index in [1.807, 2.05) is 19.9 Å². The van der Waals surface area contributed by atoms with Gasteiger partial charge in [0.2, 0.25) is 11.1 Å². The van der Waals surface area contributed by atoms with Crippen molar-refractivity contribution >= 4 is 23.4 Å². The number of para-hydroxylation sites is 1. The molecule has 0 unspecified atom stereocenters. The first kappa shape index (κ1) is 15.1. The summed E-state index contributed by atoms with van der Waals surface area (Å²) >= 11 is 1.25. The zero-order valence-electron chi connectivity index (χ0n) is 11.8. The fourth-order valence-electron chi connectivity index (χ4n) is 1.59. The summed E-state index contributed by atoms with van der Waals surface area (Å²) in [6.07, 6.45) is 0. The molecule has 2 N–H and O–H groups in total. The number of aromatic nitrogens is 3. The van der Waals surface area contributed by atoms with Gasteiger partial charge >= 0.3 is 0 Å². The molecule has 2 aromatic rings. The molecule has 0 aliphatic rings. The molecule has 1 aromatic heterocycles. The van der Waals surface area contributed by atoms with Crippen molar-refractivity contribution in [3.05, 3.63) is 35.7 Å². The average Bonchev–Trinajstić information content (AvgIpc) is 2.95. The molecule has 0 radical (unpaired) electrons.